The summed E-state index contributed by atoms with van der Waals surface area (Å²) < 4.78 is 5.77. The van der Waals surface area contributed by atoms with Gasteiger partial charge < -0.3 is 22.3 Å². The van der Waals surface area contributed by atoms with Crippen molar-refractivity contribution < 1.29 is 22.3 Å². The molecule has 2 rings (SSSR count). The van der Waals surface area contributed by atoms with E-state index in [0.29, 0.717) is 25.2 Å². The average Bonchev–Trinajstić information content (AvgIpc) is 2.48. The molecule has 3 nitrogen and oxygen atoms in total. The third-order valence-corrected chi connectivity index (χ3v) is 4.96. The van der Waals surface area contributed by atoms with Gasteiger partial charge >= 0.3 is 0 Å². The standard InChI is InChI=1S/C20H33NO2.ClH/c1-15-7-6-8-16(2)21(15)13-18(22)14-23-19-11-9-17(10-12-19)20(3,4)5;/h9-12,15-16,18,22H,6-8,13-14H2,1-5H3;1H/p-1. The van der Waals surface area contributed by atoms with Crippen molar-refractivity contribution in [2.45, 2.75) is 77.5 Å². The molecule has 0 saturated carbocycles. The van der Waals surface area contributed by atoms with Crippen molar-refractivity contribution in [2.75, 3.05) is 13.2 Å². The molecule has 0 bridgehead atoms. The average molecular weight is 355 g/mol. The summed E-state index contributed by atoms with van der Waals surface area (Å²) in [5.74, 6) is 0.830. The van der Waals surface area contributed by atoms with E-state index in [1.54, 1.807) is 0 Å². The summed E-state index contributed by atoms with van der Waals surface area (Å²) in [5, 5.41) is 10.3. The second kappa shape index (κ2) is 9.07. The van der Waals surface area contributed by atoms with Gasteiger partial charge in [0.2, 0.25) is 0 Å². The van der Waals surface area contributed by atoms with Crippen LogP contribution in [-0.2, 0) is 5.41 Å². The van der Waals surface area contributed by atoms with Crippen LogP contribution in [0.15, 0.2) is 24.3 Å². The van der Waals surface area contributed by atoms with Crippen LogP contribution in [0.1, 0.15) is 59.4 Å². The number of likely N-dealkylation sites (tertiary alicyclic amines) is 1. The molecule has 0 aliphatic carbocycles. The van der Waals surface area contributed by atoms with E-state index in [4.69, 9.17) is 4.74 Å². The fourth-order valence-electron chi connectivity index (χ4n) is 3.37. The molecule has 24 heavy (non-hydrogen) atoms. The molecule has 3 atom stereocenters. The van der Waals surface area contributed by atoms with Gasteiger partial charge in [0.15, 0.2) is 0 Å². The lowest BCUT2D eigenvalue weighted by molar-refractivity contribution is -0.00000727. The van der Waals surface area contributed by atoms with Crippen LogP contribution in [0.25, 0.3) is 0 Å². The maximum Gasteiger partial charge on any atom is 0.119 e. The minimum absolute atomic E-state index is 0. The Bertz CT molecular complexity index is 473. The Hall–Kier alpha value is -0.770. The van der Waals surface area contributed by atoms with Gasteiger partial charge in [-0.3, -0.25) is 4.90 Å². The highest BCUT2D eigenvalue weighted by Gasteiger charge is 2.26. The molecule has 0 amide bonds. The Morgan fingerprint density at radius 1 is 1.12 bits per heavy atom. The number of rotatable bonds is 5. The Morgan fingerprint density at radius 2 is 1.67 bits per heavy atom. The minimum atomic E-state index is -0.444. The number of ether oxygens (including phenoxy) is 1. The maximum atomic E-state index is 10.3. The van der Waals surface area contributed by atoms with E-state index in [2.05, 4.69) is 51.7 Å². The first-order chi connectivity index (χ1) is 10.8. The predicted octanol–water partition coefficient (Wildman–Crippen LogP) is 0.991. The fourth-order valence-corrected chi connectivity index (χ4v) is 3.37. The molecule has 1 aliphatic heterocycles. The summed E-state index contributed by atoms with van der Waals surface area (Å²) in [6.45, 7) is 12.2. The van der Waals surface area contributed by atoms with Crippen molar-refractivity contribution >= 4 is 0 Å². The molecule has 1 saturated heterocycles. The summed E-state index contributed by atoms with van der Waals surface area (Å²) in [6, 6.07) is 9.32. The number of β-amino-alcohol motifs (C(OH)–C–C–N with tert-alkyl or cyclic N) is 1. The summed E-state index contributed by atoms with van der Waals surface area (Å²) in [4.78, 5) is 2.42. The fraction of sp³-hybridized carbons (Fsp3) is 0.700. The Labute approximate surface area is 153 Å². The van der Waals surface area contributed by atoms with E-state index >= 15 is 0 Å². The van der Waals surface area contributed by atoms with E-state index in [9.17, 15) is 5.11 Å². The molecule has 4 heteroatoms. The summed E-state index contributed by atoms with van der Waals surface area (Å²) >= 11 is 0. The lowest BCUT2D eigenvalue weighted by atomic mass is 9.87. The van der Waals surface area contributed by atoms with E-state index in [1.165, 1.54) is 24.8 Å². The number of halogens is 1. The molecule has 1 fully saturated rings. The Morgan fingerprint density at radius 3 is 2.17 bits per heavy atom. The molecule has 1 aromatic rings. The number of aliphatic hydroxyl groups excluding tert-OH is 1. The molecular weight excluding hydrogens is 322 g/mol. The molecule has 0 spiro atoms. The Kier molecular flexibility index (Phi) is 8.04. The molecule has 1 heterocycles. The molecule has 138 valence electrons. The number of nitrogens with zero attached hydrogens (tertiary/aromatic N) is 1. The smallest absolute Gasteiger partial charge is 0.119 e. The zero-order chi connectivity index (χ0) is 17.0. The van der Waals surface area contributed by atoms with E-state index in [1.807, 2.05) is 12.1 Å². The topological polar surface area (TPSA) is 32.7 Å². The predicted molar refractivity (Wildman–Crippen MR) is 96.1 cm³/mol. The lowest BCUT2D eigenvalue weighted by Crippen LogP contribution is -3.00. The zero-order valence-corrected chi connectivity index (χ0v) is 16.5. The van der Waals surface area contributed by atoms with E-state index in [-0.39, 0.29) is 17.8 Å². The molecule has 0 aromatic heterocycles. The van der Waals surface area contributed by atoms with Gasteiger partial charge in [0.25, 0.3) is 0 Å². The summed E-state index contributed by atoms with van der Waals surface area (Å²) in [6.07, 6.45) is 3.31. The van der Waals surface area contributed by atoms with Crippen LogP contribution in [0.5, 0.6) is 5.75 Å². The van der Waals surface area contributed by atoms with E-state index < -0.39 is 6.10 Å². The number of hydrogen-bond acceptors (Lipinski definition) is 3. The number of piperidine rings is 1. The molecule has 1 aromatic carbocycles. The van der Waals surface area contributed by atoms with Gasteiger partial charge in [-0.05, 0) is 49.8 Å². The Balaban J connectivity index is 0.00000288. The zero-order valence-electron chi connectivity index (χ0n) is 15.8. The summed E-state index contributed by atoms with van der Waals surface area (Å²) in [7, 11) is 0. The first-order valence-corrected chi connectivity index (χ1v) is 8.94. The highest BCUT2D eigenvalue weighted by atomic mass is 35.5. The van der Waals surface area contributed by atoms with Crippen LogP contribution in [0.2, 0.25) is 0 Å². The SMILES string of the molecule is CC1CCCC(C)N1CC(O)COc1ccc(C(C)(C)C)cc1.[Cl-]. The van der Waals surface area contributed by atoms with Gasteiger partial charge in [-0.25, -0.2) is 0 Å². The monoisotopic (exact) mass is 354 g/mol. The van der Waals surface area contributed by atoms with Crippen LogP contribution < -0.4 is 17.1 Å². The van der Waals surface area contributed by atoms with Crippen LogP contribution in [0.4, 0.5) is 0 Å². The van der Waals surface area contributed by atoms with Crippen LogP contribution >= 0.6 is 0 Å². The van der Waals surface area contributed by atoms with Crippen molar-refractivity contribution in [3.8, 4) is 5.75 Å². The van der Waals surface area contributed by atoms with Crippen molar-refractivity contribution in [3.63, 3.8) is 0 Å². The third kappa shape index (κ3) is 5.94. The van der Waals surface area contributed by atoms with Crippen molar-refractivity contribution in [1.82, 2.24) is 4.90 Å². The third-order valence-electron chi connectivity index (χ3n) is 4.96. The molecular formula is C20H33ClNO2-. The first-order valence-electron chi connectivity index (χ1n) is 8.94. The van der Waals surface area contributed by atoms with Crippen LogP contribution in [-0.4, -0.2) is 41.3 Å². The quantitative estimate of drug-likeness (QED) is 0.856. The van der Waals surface area contributed by atoms with Crippen molar-refractivity contribution in [1.29, 1.82) is 0 Å². The van der Waals surface area contributed by atoms with Gasteiger partial charge in [-0.2, -0.15) is 0 Å². The summed E-state index contributed by atoms with van der Waals surface area (Å²) in [5.41, 5.74) is 1.44. The molecule has 1 N–H and O–H groups in total. The molecule has 3 unspecified atom stereocenters. The number of hydrogen-bond donors (Lipinski definition) is 1. The van der Waals surface area contributed by atoms with Gasteiger partial charge in [0.05, 0.1) is 0 Å². The van der Waals surface area contributed by atoms with Gasteiger partial charge in [-0.15, -0.1) is 0 Å². The maximum absolute atomic E-state index is 10.3. The van der Waals surface area contributed by atoms with Gasteiger partial charge in [-0.1, -0.05) is 39.3 Å². The largest absolute Gasteiger partial charge is 1.00 e. The van der Waals surface area contributed by atoms with Crippen molar-refractivity contribution in [2.24, 2.45) is 0 Å². The van der Waals surface area contributed by atoms with E-state index in [0.717, 1.165) is 5.75 Å². The lowest BCUT2D eigenvalue weighted by Gasteiger charge is -2.40. The molecule has 0 radical (unpaired) electrons. The van der Waals surface area contributed by atoms with Gasteiger partial charge in [0.1, 0.15) is 18.5 Å². The van der Waals surface area contributed by atoms with Crippen molar-refractivity contribution in [3.05, 3.63) is 29.8 Å². The molecule has 1 aliphatic rings. The van der Waals surface area contributed by atoms with Crippen LogP contribution in [0.3, 0.4) is 0 Å². The van der Waals surface area contributed by atoms with Gasteiger partial charge in [0, 0.05) is 18.6 Å². The second-order valence-corrected chi connectivity index (χ2v) is 8.06. The minimum Gasteiger partial charge on any atom is -1.00 e. The number of aliphatic hydroxyl groups is 1. The normalized spacial score (nSPS) is 23.4. The van der Waals surface area contributed by atoms with Crippen LogP contribution in [0, 0.1) is 0 Å². The number of benzene rings is 1. The highest BCUT2D eigenvalue weighted by Crippen LogP contribution is 2.25. The second-order valence-electron chi connectivity index (χ2n) is 8.06. The highest BCUT2D eigenvalue weighted by molar-refractivity contribution is 5.31. The first kappa shape index (κ1) is 21.3.